The third-order valence-electron chi connectivity index (χ3n) is 5.13. The molecule has 1 atom stereocenters. The molecule has 0 unspecified atom stereocenters. The standard InChI is InChI=1S/C22H19NO3S/c24-22(16-6-7-18-19(14-16)26-12-11-25-18)23-10-8-20-17(9-13-27-20)21(23)15-4-2-1-3-5-15/h1-7,9,13-14,21H,8,10-12H2/t21-/m1/s1. The first-order valence-electron chi connectivity index (χ1n) is 9.13. The van der Waals surface area contributed by atoms with E-state index in [9.17, 15) is 4.79 Å². The SMILES string of the molecule is O=C(c1ccc2c(c1)OCCO2)N1CCc2sccc2[C@H]1c1ccccc1. The van der Waals surface area contributed by atoms with Crippen molar-refractivity contribution in [3.63, 3.8) is 0 Å². The van der Waals surface area contributed by atoms with Gasteiger partial charge in [0.2, 0.25) is 0 Å². The Morgan fingerprint density at radius 1 is 1.00 bits per heavy atom. The highest BCUT2D eigenvalue weighted by atomic mass is 32.1. The van der Waals surface area contributed by atoms with Crippen LogP contribution in [0.5, 0.6) is 11.5 Å². The Balaban J connectivity index is 1.54. The van der Waals surface area contributed by atoms with Gasteiger partial charge in [-0.05, 0) is 47.2 Å². The maximum Gasteiger partial charge on any atom is 0.254 e. The third-order valence-corrected chi connectivity index (χ3v) is 6.13. The Bertz CT molecular complexity index is 982. The van der Waals surface area contributed by atoms with Crippen LogP contribution in [0.4, 0.5) is 0 Å². The molecular weight excluding hydrogens is 358 g/mol. The Kier molecular flexibility index (Phi) is 4.09. The van der Waals surface area contributed by atoms with Gasteiger partial charge in [0.25, 0.3) is 5.91 Å². The summed E-state index contributed by atoms with van der Waals surface area (Å²) in [6.07, 6.45) is 0.895. The van der Waals surface area contributed by atoms with E-state index in [1.807, 2.05) is 41.3 Å². The maximum absolute atomic E-state index is 13.4. The second kappa shape index (κ2) is 6.74. The van der Waals surface area contributed by atoms with E-state index in [1.165, 1.54) is 10.4 Å². The van der Waals surface area contributed by atoms with Crippen LogP contribution in [0.1, 0.15) is 32.4 Å². The molecule has 1 amide bonds. The molecule has 2 aromatic carbocycles. The van der Waals surface area contributed by atoms with Gasteiger partial charge in [0.1, 0.15) is 13.2 Å². The van der Waals surface area contributed by atoms with Gasteiger partial charge in [-0.25, -0.2) is 0 Å². The average molecular weight is 377 g/mol. The normalized spacial score (nSPS) is 18.1. The smallest absolute Gasteiger partial charge is 0.254 e. The minimum absolute atomic E-state index is 0.0256. The summed E-state index contributed by atoms with van der Waals surface area (Å²) >= 11 is 1.78. The summed E-state index contributed by atoms with van der Waals surface area (Å²) < 4.78 is 11.2. The number of benzene rings is 2. The molecule has 4 nitrogen and oxygen atoms in total. The molecule has 0 saturated heterocycles. The van der Waals surface area contributed by atoms with Gasteiger partial charge in [0.05, 0.1) is 6.04 Å². The van der Waals surface area contributed by atoms with Crippen molar-refractivity contribution in [1.29, 1.82) is 0 Å². The van der Waals surface area contributed by atoms with Crippen molar-refractivity contribution >= 4 is 17.2 Å². The summed E-state index contributed by atoms with van der Waals surface area (Å²) in [7, 11) is 0. The lowest BCUT2D eigenvalue weighted by Crippen LogP contribution is -2.40. The fraction of sp³-hybridized carbons (Fsp3) is 0.227. The zero-order valence-corrected chi connectivity index (χ0v) is 15.6. The Morgan fingerprint density at radius 2 is 1.81 bits per heavy atom. The first kappa shape index (κ1) is 16.4. The fourth-order valence-corrected chi connectivity index (χ4v) is 4.78. The van der Waals surface area contributed by atoms with Crippen molar-refractivity contribution in [2.75, 3.05) is 19.8 Å². The van der Waals surface area contributed by atoms with Gasteiger partial charge < -0.3 is 14.4 Å². The van der Waals surface area contributed by atoms with E-state index in [1.54, 1.807) is 11.3 Å². The maximum atomic E-state index is 13.4. The second-order valence-corrected chi connectivity index (χ2v) is 7.72. The van der Waals surface area contributed by atoms with Crippen LogP contribution in [0.2, 0.25) is 0 Å². The zero-order valence-electron chi connectivity index (χ0n) is 14.8. The highest BCUT2D eigenvalue weighted by molar-refractivity contribution is 7.10. The molecule has 5 rings (SSSR count). The minimum Gasteiger partial charge on any atom is -0.486 e. The number of hydrogen-bond donors (Lipinski definition) is 0. The van der Waals surface area contributed by atoms with Gasteiger partial charge in [0, 0.05) is 17.0 Å². The van der Waals surface area contributed by atoms with E-state index in [4.69, 9.17) is 9.47 Å². The zero-order chi connectivity index (χ0) is 18.2. The van der Waals surface area contributed by atoms with E-state index in [-0.39, 0.29) is 11.9 Å². The van der Waals surface area contributed by atoms with Gasteiger partial charge >= 0.3 is 0 Å². The molecule has 3 heterocycles. The molecule has 0 spiro atoms. The highest BCUT2D eigenvalue weighted by Gasteiger charge is 2.33. The highest BCUT2D eigenvalue weighted by Crippen LogP contribution is 2.39. The summed E-state index contributed by atoms with van der Waals surface area (Å²) in [4.78, 5) is 16.8. The Morgan fingerprint density at radius 3 is 2.67 bits per heavy atom. The van der Waals surface area contributed by atoms with Gasteiger partial charge in [-0.1, -0.05) is 30.3 Å². The number of carbonyl (C=O) groups is 1. The van der Waals surface area contributed by atoms with E-state index in [0.717, 1.165) is 12.0 Å². The van der Waals surface area contributed by atoms with Crippen molar-refractivity contribution in [2.24, 2.45) is 0 Å². The lowest BCUT2D eigenvalue weighted by molar-refractivity contribution is 0.0695. The molecule has 27 heavy (non-hydrogen) atoms. The van der Waals surface area contributed by atoms with Crippen LogP contribution in [-0.4, -0.2) is 30.6 Å². The molecular formula is C22H19NO3S. The molecule has 136 valence electrons. The van der Waals surface area contributed by atoms with E-state index in [2.05, 4.69) is 23.6 Å². The third kappa shape index (κ3) is 2.88. The summed E-state index contributed by atoms with van der Waals surface area (Å²) in [5.74, 6) is 1.38. The van der Waals surface area contributed by atoms with Gasteiger partial charge in [-0.15, -0.1) is 11.3 Å². The number of carbonyl (C=O) groups excluding carboxylic acids is 1. The number of rotatable bonds is 2. The topological polar surface area (TPSA) is 38.8 Å². The van der Waals surface area contributed by atoms with Crippen LogP contribution in [0.15, 0.2) is 60.0 Å². The Hall–Kier alpha value is -2.79. The summed E-state index contributed by atoms with van der Waals surface area (Å²) in [6.45, 7) is 1.77. The van der Waals surface area contributed by atoms with Crippen LogP contribution < -0.4 is 9.47 Å². The number of amides is 1. The van der Waals surface area contributed by atoms with Crippen molar-refractivity contribution in [3.8, 4) is 11.5 Å². The Labute approximate surface area is 162 Å². The van der Waals surface area contributed by atoms with E-state index < -0.39 is 0 Å². The van der Waals surface area contributed by atoms with Crippen LogP contribution in [0.25, 0.3) is 0 Å². The molecule has 0 fully saturated rings. The lowest BCUT2D eigenvalue weighted by atomic mass is 9.92. The summed E-state index contributed by atoms with van der Waals surface area (Å²) in [5.41, 5.74) is 3.02. The molecule has 1 aromatic heterocycles. The summed E-state index contributed by atoms with van der Waals surface area (Å²) in [5, 5.41) is 2.12. The number of nitrogens with zero attached hydrogens (tertiary/aromatic N) is 1. The molecule has 0 radical (unpaired) electrons. The fourth-order valence-electron chi connectivity index (χ4n) is 3.87. The minimum atomic E-state index is -0.0538. The molecule has 5 heteroatoms. The predicted molar refractivity (Wildman–Crippen MR) is 105 cm³/mol. The quantitative estimate of drug-likeness (QED) is 0.668. The number of fused-ring (bicyclic) bond motifs is 2. The van der Waals surface area contributed by atoms with Gasteiger partial charge in [0.15, 0.2) is 11.5 Å². The first-order valence-corrected chi connectivity index (χ1v) is 10.0. The molecule has 0 bridgehead atoms. The molecule has 0 saturated carbocycles. The number of hydrogen-bond acceptors (Lipinski definition) is 4. The van der Waals surface area contributed by atoms with E-state index >= 15 is 0 Å². The van der Waals surface area contributed by atoms with Crippen LogP contribution in [0.3, 0.4) is 0 Å². The monoisotopic (exact) mass is 377 g/mol. The molecule has 2 aliphatic heterocycles. The van der Waals surface area contributed by atoms with Crippen molar-refractivity contribution in [3.05, 3.63) is 81.5 Å². The number of thiophene rings is 1. The first-order chi connectivity index (χ1) is 13.3. The molecule has 0 N–H and O–H groups in total. The van der Waals surface area contributed by atoms with E-state index in [0.29, 0.717) is 36.8 Å². The largest absolute Gasteiger partial charge is 0.486 e. The van der Waals surface area contributed by atoms with Crippen molar-refractivity contribution in [1.82, 2.24) is 4.90 Å². The average Bonchev–Trinajstić information content (AvgIpc) is 3.21. The number of ether oxygens (including phenoxy) is 2. The van der Waals surface area contributed by atoms with Crippen LogP contribution in [0, 0.1) is 0 Å². The van der Waals surface area contributed by atoms with Crippen molar-refractivity contribution in [2.45, 2.75) is 12.5 Å². The van der Waals surface area contributed by atoms with Crippen LogP contribution >= 0.6 is 11.3 Å². The molecule has 0 aliphatic carbocycles. The molecule has 3 aromatic rings. The second-order valence-electron chi connectivity index (χ2n) is 6.72. The molecule has 2 aliphatic rings. The van der Waals surface area contributed by atoms with Gasteiger partial charge in [-0.2, -0.15) is 0 Å². The summed E-state index contributed by atoms with van der Waals surface area (Å²) in [6, 6.07) is 17.8. The van der Waals surface area contributed by atoms with Crippen LogP contribution in [-0.2, 0) is 6.42 Å². The lowest BCUT2D eigenvalue weighted by Gasteiger charge is -2.36. The predicted octanol–water partition coefficient (Wildman–Crippen LogP) is 4.31. The van der Waals surface area contributed by atoms with Crippen molar-refractivity contribution < 1.29 is 14.3 Å². The van der Waals surface area contributed by atoms with Gasteiger partial charge in [-0.3, -0.25) is 4.79 Å².